The monoisotopic (exact) mass is 462 g/mol. The van der Waals surface area contributed by atoms with Crippen LogP contribution in [0.15, 0.2) is 0 Å². The molecule has 1 saturated carbocycles. The summed E-state index contributed by atoms with van der Waals surface area (Å²) >= 11 is 5.22. The van der Waals surface area contributed by atoms with Crippen LogP contribution in [-0.4, -0.2) is 8.86 Å². The third-order valence-corrected chi connectivity index (χ3v) is 7.32. The van der Waals surface area contributed by atoms with Gasteiger partial charge in [-0.2, -0.15) is 0 Å². The second-order valence-corrected chi connectivity index (χ2v) is 7.90. The van der Waals surface area contributed by atoms with Crippen LogP contribution in [0.2, 0.25) is 0 Å². The molecule has 0 spiro atoms. The third kappa shape index (κ3) is 3.51. The third-order valence-electron chi connectivity index (χ3n) is 5.09. The number of unbranched alkanes of at least 4 members (excludes halogenated alkanes) is 2. The van der Waals surface area contributed by atoms with Crippen LogP contribution >= 0.6 is 45.2 Å². The van der Waals surface area contributed by atoms with Crippen molar-refractivity contribution in [1.29, 1.82) is 0 Å². The van der Waals surface area contributed by atoms with Gasteiger partial charge in [0.25, 0.3) is 0 Å². The molecule has 0 aliphatic heterocycles. The van der Waals surface area contributed by atoms with Crippen LogP contribution in [0.3, 0.4) is 0 Å². The minimum atomic E-state index is 0.606. The molecule has 2 heteroatoms. The van der Waals surface area contributed by atoms with Crippen LogP contribution in [0.25, 0.3) is 0 Å². The van der Waals surface area contributed by atoms with E-state index in [0.29, 0.717) is 10.8 Å². The summed E-state index contributed by atoms with van der Waals surface area (Å²) in [4.78, 5) is 0. The highest BCUT2D eigenvalue weighted by Crippen LogP contribution is 2.68. The van der Waals surface area contributed by atoms with E-state index in [-0.39, 0.29) is 0 Å². The Hall–Kier alpha value is 1.46. The standard InChI is InChI=1S/C15H28I2/c1-4-6-7-8-14(3,12-17)15(9-10-16)11-13(15)5-2/h13H,4-12H2,1-3H3/t13?,14?,15-/m0/s1. The number of hydrogen-bond donors (Lipinski definition) is 0. The van der Waals surface area contributed by atoms with Crippen LogP contribution in [0.1, 0.15) is 65.7 Å². The minimum absolute atomic E-state index is 0.606. The lowest BCUT2D eigenvalue weighted by atomic mass is 9.69. The Bertz CT molecular complexity index is 229. The Morgan fingerprint density at radius 2 is 1.94 bits per heavy atom. The molecule has 1 aliphatic carbocycles. The topological polar surface area (TPSA) is 0 Å². The van der Waals surface area contributed by atoms with Gasteiger partial charge in [0, 0.05) is 8.86 Å². The Morgan fingerprint density at radius 3 is 2.35 bits per heavy atom. The van der Waals surface area contributed by atoms with Gasteiger partial charge in [0.1, 0.15) is 0 Å². The summed E-state index contributed by atoms with van der Waals surface area (Å²) in [6, 6.07) is 0. The van der Waals surface area contributed by atoms with E-state index < -0.39 is 0 Å². The molecule has 1 rings (SSSR count). The fourth-order valence-electron chi connectivity index (χ4n) is 3.65. The fourth-order valence-corrected chi connectivity index (χ4v) is 5.75. The quantitative estimate of drug-likeness (QED) is 0.216. The Kier molecular flexibility index (Phi) is 7.09. The molecular weight excluding hydrogens is 434 g/mol. The van der Waals surface area contributed by atoms with Gasteiger partial charge < -0.3 is 0 Å². The predicted octanol–water partition coefficient (Wildman–Crippen LogP) is 6.25. The molecule has 0 amide bonds. The lowest BCUT2D eigenvalue weighted by molar-refractivity contribution is 0.151. The highest BCUT2D eigenvalue weighted by molar-refractivity contribution is 14.1. The molecule has 0 N–H and O–H groups in total. The van der Waals surface area contributed by atoms with Gasteiger partial charge >= 0.3 is 0 Å². The first-order chi connectivity index (χ1) is 8.10. The molecule has 0 aromatic heterocycles. The van der Waals surface area contributed by atoms with Crippen LogP contribution in [0.5, 0.6) is 0 Å². The van der Waals surface area contributed by atoms with Crippen LogP contribution < -0.4 is 0 Å². The van der Waals surface area contributed by atoms with E-state index in [1.54, 1.807) is 0 Å². The lowest BCUT2D eigenvalue weighted by Crippen LogP contribution is -2.33. The normalized spacial score (nSPS) is 31.2. The maximum atomic E-state index is 2.65. The summed E-state index contributed by atoms with van der Waals surface area (Å²) in [5.41, 5.74) is 1.31. The van der Waals surface area contributed by atoms with Crippen LogP contribution in [0.4, 0.5) is 0 Å². The average molecular weight is 462 g/mol. The minimum Gasteiger partial charge on any atom is -0.0864 e. The summed E-state index contributed by atoms with van der Waals surface area (Å²) in [6.45, 7) is 7.28. The Balaban J connectivity index is 2.68. The molecule has 0 aromatic rings. The van der Waals surface area contributed by atoms with Crippen molar-refractivity contribution < 1.29 is 0 Å². The van der Waals surface area contributed by atoms with Crippen molar-refractivity contribution in [3.05, 3.63) is 0 Å². The molecule has 1 fully saturated rings. The molecule has 3 atom stereocenters. The summed E-state index contributed by atoms with van der Waals surface area (Å²) in [6.07, 6.45) is 10.0. The van der Waals surface area contributed by atoms with Gasteiger partial charge in [-0.05, 0) is 36.0 Å². The number of alkyl halides is 2. The Labute approximate surface area is 135 Å². The second-order valence-electron chi connectivity index (χ2n) is 6.06. The van der Waals surface area contributed by atoms with Crippen LogP contribution in [0, 0.1) is 16.7 Å². The van der Waals surface area contributed by atoms with E-state index in [4.69, 9.17) is 0 Å². The molecule has 0 aromatic carbocycles. The SMILES string of the molecule is CCCCCC(C)(CI)[C@@]1(CCI)CC1CC. The van der Waals surface area contributed by atoms with Crippen molar-refractivity contribution in [2.45, 2.75) is 65.7 Å². The predicted molar refractivity (Wildman–Crippen MR) is 95.5 cm³/mol. The van der Waals surface area contributed by atoms with E-state index in [2.05, 4.69) is 66.0 Å². The summed E-state index contributed by atoms with van der Waals surface area (Å²) < 4.78 is 2.69. The van der Waals surface area contributed by atoms with Gasteiger partial charge in [-0.25, -0.2) is 0 Å². The molecule has 1 aliphatic rings. The zero-order valence-electron chi connectivity index (χ0n) is 11.7. The van der Waals surface area contributed by atoms with Gasteiger partial charge in [-0.15, -0.1) is 0 Å². The van der Waals surface area contributed by atoms with E-state index in [1.807, 2.05) is 0 Å². The number of halogens is 2. The summed E-state index contributed by atoms with van der Waals surface area (Å²) in [5, 5.41) is 0. The second kappa shape index (κ2) is 7.30. The molecule has 0 radical (unpaired) electrons. The van der Waals surface area contributed by atoms with E-state index >= 15 is 0 Å². The van der Waals surface area contributed by atoms with Gasteiger partial charge in [-0.1, -0.05) is 91.6 Å². The molecule has 0 bridgehead atoms. The molecule has 0 saturated heterocycles. The van der Waals surface area contributed by atoms with E-state index in [0.717, 1.165) is 5.92 Å². The molecule has 2 unspecified atom stereocenters. The molecule has 17 heavy (non-hydrogen) atoms. The highest BCUT2D eigenvalue weighted by atomic mass is 127. The average Bonchev–Trinajstić information content (AvgIpc) is 3.05. The van der Waals surface area contributed by atoms with Gasteiger partial charge in [0.2, 0.25) is 0 Å². The first kappa shape index (κ1) is 16.5. The smallest absolute Gasteiger partial charge is 0.00547 e. The fraction of sp³-hybridized carbons (Fsp3) is 1.00. The van der Waals surface area contributed by atoms with Crippen molar-refractivity contribution in [2.75, 3.05) is 8.86 Å². The van der Waals surface area contributed by atoms with Crippen molar-refractivity contribution in [2.24, 2.45) is 16.7 Å². The van der Waals surface area contributed by atoms with Gasteiger partial charge in [0.15, 0.2) is 0 Å². The summed E-state index contributed by atoms with van der Waals surface area (Å²) in [5.74, 6) is 1.03. The molecule has 0 heterocycles. The zero-order valence-corrected chi connectivity index (χ0v) is 16.0. The van der Waals surface area contributed by atoms with Crippen molar-refractivity contribution in [3.8, 4) is 0 Å². The zero-order chi connectivity index (χ0) is 12.9. The largest absolute Gasteiger partial charge is 0.0864 e. The number of hydrogen-bond acceptors (Lipinski definition) is 0. The van der Waals surface area contributed by atoms with Gasteiger partial charge in [-0.3, -0.25) is 0 Å². The highest BCUT2D eigenvalue weighted by Gasteiger charge is 2.61. The van der Waals surface area contributed by atoms with Crippen LogP contribution in [-0.2, 0) is 0 Å². The van der Waals surface area contributed by atoms with E-state index in [9.17, 15) is 0 Å². The first-order valence-corrected chi connectivity index (χ1v) is 10.3. The Morgan fingerprint density at radius 1 is 1.24 bits per heavy atom. The van der Waals surface area contributed by atoms with Gasteiger partial charge in [0.05, 0.1) is 0 Å². The van der Waals surface area contributed by atoms with E-state index in [1.165, 1.54) is 53.8 Å². The molecular formula is C15H28I2. The van der Waals surface area contributed by atoms with Crippen molar-refractivity contribution in [3.63, 3.8) is 0 Å². The van der Waals surface area contributed by atoms with Crippen molar-refractivity contribution >= 4 is 45.2 Å². The number of rotatable bonds is 9. The summed E-state index contributed by atoms with van der Waals surface area (Å²) in [7, 11) is 0. The maximum Gasteiger partial charge on any atom is 0.00547 e. The van der Waals surface area contributed by atoms with Crippen molar-refractivity contribution in [1.82, 2.24) is 0 Å². The maximum absolute atomic E-state index is 2.65. The molecule has 102 valence electrons. The first-order valence-electron chi connectivity index (χ1n) is 7.22. The molecule has 0 nitrogen and oxygen atoms in total. The lowest BCUT2D eigenvalue weighted by Gasteiger charge is -2.38.